The smallest absolute Gasteiger partial charge is 0.297 e. The second-order valence-electron chi connectivity index (χ2n) is 2.64. The maximum atomic E-state index is 11.8. The minimum atomic E-state index is -3.88. The molecule has 0 aliphatic heterocycles. The number of hydrogen-bond acceptors (Lipinski definition) is 4. The predicted octanol–water partition coefficient (Wildman–Crippen LogP) is 1.37. The molecule has 0 N–H and O–H groups in total. The summed E-state index contributed by atoms with van der Waals surface area (Å²) in [4.78, 5) is -0.0460. The molecule has 1 aromatic rings. The number of ether oxygens (including phenoxy) is 1. The molecule has 0 fully saturated rings. The van der Waals surface area contributed by atoms with Crippen molar-refractivity contribution in [3.8, 4) is 5.75 Å². The second-order valence-corrected chi connectivity index (χ2v) is 4.26. The third-order valence-corrected chi connectivity index (χ3v) is 2.95. The summed E-state index contributed by atoms with van der Waals surface area (Å²) in [6, 6.07) is 5.79. The van der Waals surface area contributed by atoms with Crippen molar-refractivity contribution in [2.24, 2.45) is 0 Å². The fourth-order valence-corrected chi connectivity index (χ4v) is 1.89. The van der Waals surface area contributed by atoms with Crippen molar-refractivity contribution < 1.29 is 21.7 Å². The molecule has 1 aromatic carbocycles. The molecule has 0 heterocycles. The van der Waals surface area contributed by atoms with Gasteiger partial charge in [0.05, 0.1) is 18.6 Å². The molecule has 0 saturated carbocycles. The number of methoxy groups -OCH3 is 1. The fourth-order valence-electron chi connectivity index (χ4n) is 0.966. The summed E-state index contributed by atoms with van der Waals surface area (Å²) in [5.41, 5.74) is 0. The summed E-state index contributed by atoms with van der Waals surface area (Å²) in [5.74, 6) is 0.403. The molecule has 0 atom stereocenters. The van der Waals surface area contributed by atoms with Crippen LogP contribution in [0.1, 0.15) is 0 Å². The van der Waals surface area contributed by atoms with Gasteiger partial charge in [-0.05, 0) is 12.1 Å². The van der Waals surface area contributed by atoms with Gasteiger partial charge in [-0.25, -0.2) is 4.39 Å². The number of benzene rings is 1. The van der Waals surface area contributed by atoms with Gasteiger partial charge in [-0.3, -0.25) is 4.18 Å². The first kappa shape index (κ1) is 11.9. The van der Waals surface area contributed by atoms with Gasteiger partial charge in [0.15, 0.2) is 0 Å². The highest BCUT2D eigenvalue weighted by molar-refractivity contribution is 7.86. The average Bonchev–Trinajstić information content (AvgIpc) is 2.26. The maximum absolute atomic E-state index is 11.8. The lowest BCUT2D eigenvalue weighted by molar-refractivity contribution is 0.276. The van der Waals surface area contributed by atoms with E-state index in [1.807, 2.05) is 0 Å². The van der Waals surface area contributed by atoms with Gasteiger partial charge in [-0.15, -0.1) is 0 Å². The van der Waals surface area contributed by atoms with Crippen molar-refractivity contribution in [3.05, 3.63) is 24.3 Å². The van der Waals surface area contributed by atoms with E-state index in [0.717, 1.165) is 0 Å². The van der Waals surface area contributed by atoms with Crippen molar-refractivity contribution in [1.82, 2.24) is 0 Å². The van der Waals surface area contributed by atoms with E-state index in [4.69, 9.17) is 4.74 Å². The maximum Gasteiger partial charge on any atom is 0.297 e. The van der Waals surface area contributed by atoms with Crippen LogP contribution < -0.4 is 4.74 Å². The molecule has 15 heavy (non-hydrogen) atoms. The zero-order valence-corrected chi connectivity index (χ0v) is 8.96. The van der Waals surface area contributed by atoms with Crippen molar-refractivity contribution in [3.63, 3.8) is 0 Å². The van der Waals surface area contributed by atoms with E-state index >= 15 is 0 Å². The van der Waals surface area contributed by atoms with Crippen LogP contribution >= 0.6 is 0 Å². The van der Waals surface area contributed by atoms with Gasteiger partial charge >= 0.3 is 0 Å². The van der Waals surface area contributed by atoms with Gasteiger partial charge in [0.2, 0.25) is 0 Å². The summed E-state index contributed by atoms with van der Waals surface area (Å²) in [5, 5.41) is 0. The van der Waals surface area contributed by atoms with Crippen LogP contribution in [0.3, 0.4) is 0 Å². The zero-order valence-electron chi connectivity index (χ0n) is 8.14. The molecule has 0 amide bonds. The highest BCUT2D eigenvalue weighted by Crippen LogP contribution is 2.18. The normalized spacial score (nSPS) is 11.3. The number of halogens is 1. The Bertz CT molecular complexity index is 416. The summed E-state index contributed by atoms with van der Waals surface area (Å²) in [6.07, 6.45) is 0. The first-order chi connectivity index (χ1) is 7.10. The number of alkyl halides is 1. The number of hydrogen-bond donors (Lipinski definition) is 0. The molecule has 0 aromatic heterocycles. The second kappa shape index (κ2) is 5.09. The van der Waals surface area contributed by atoms with Gasteiger partial charge < -0.3 is 4.74 Å². The Hall–Kier alpha value is -1.14. The van der Waals surface area contributed by atoms with Gasteiger partial charge in [-0.2, -0.15) is 8.42 Å². The van der Waals surface area contributed by atoms with E-state index < -0.39 is 23.4 Å². The van der Waals surface area contributed by atoms with E-state index in [1.165, 1.54) is 25.3 Å². The molecule has 0 aliphatic carbocycles. The Labute approximate surface area is 87.8 Å². The van der Waals surface area contributed by atoms with Crippen LogP contribution in [-0.4, -0.2) is 28.8 Å². The van der Waals surface area contributed by atoms with E-state index in [0.29, 0.717) is 5.75 Å². The molecule has 4 nitrogen and oxygen atoms in total. The standard InChI is InChI=1S/C9H11FO4S/c1-13-8-3-2-4-9(7-8)15(11,12)14-6-5-10/h2-4,7H,5-6H2,1H3. The van der Waals surface area contributed by atoms with Crippen LogP contribution in [0.25, 0.3) is 0 Å². The SMILES string of the molecule is COc1cccc(S(=O)(=O)OCCF)c1. The van der Waals surface area contributed by atoms with E-state index in [9.17, 15) is 12.8 Å². The summed E-state index contributed by atoms with van der Waals surface area (Å²) < 4.78 is 43.9. The Kier molecular flexibility index (Phi) is 4.05. The Morgan fingerprint density at radius 3 is 2.73 bits per heavy atom. The first-order valence-electron chi connectivity index (χ1n) is 4.19. The molecular weight excluding hydrogens is 223 g/mol. The Morgan fingerprint density at radius 2 is 2.13 bits per heavy atom. The molecule has 0 aliphatic rings. The molecule has 0 saturated heterocycles. The van der Waals surface area contributed by atoms with Gasteiger partial charge in [0.1, 0.15) is 12.4 Å². The van der Waals surface area contributed by atoms with Crippen LogP contribution in [0.2, 0.25) is 0 Å². The van der Waals surface area contributed by atoms with E-state index in [2.05, 4.69) is 4.18 Å². The van der Waals surface area contributed by atoms with Gasteiger partial charge in [-0.1, -0.05) is 6.07 Å². The Morgan fingerprint density at radius 1 is 1.40 bits per heavy atom. The van der Waals surface area contributed by atoms with Crippen LogP contribution in [0.4, 0.5) is 4.39 Å². The Balaban J connectivity index is 2.94. The largest absolute Gasteiger partial charge is 0.497 e. The predicted molar refractivity (Wildman–Crippen MR) is 52.1 cm³/mol. The summed E-state index contributed by atoms with van der Waals surface area (Å²) in [6.45, 7) is -1.32. The molecule has 0 unspecified atom stereocenters. The lowest BCUT2D eigenvalue weighted by atomic mass is 10.3. The monoisotopic (exact) mass is 234 g/mol. The summed E-state index contributed by atoms with van der Waals surface area (Å²) in [7, 11) is -2.45. The minimum Gasteiger partial charge on any atom is -0.497 e. The molecule has 84 valence electrons. The fraction of sp³-hybridized carbons (Fsp3) is 0.333. The minimum absolute atomic E-state index is 0.0460. The molecule has 0 spiro atoms. The average molecular weight is 234 g/mol. The van der Waals surface area contributed by atoms with E-state index in [-0.39, 0.29) is 4.90 Å². The lowest BCUT2D eigenvalue weighted by Gasteiger charge is -2.05. The lowest BCUT2D eigenvalue weighted by Crippen LogP contribution is -2.08. The molecule has 0 bridgehead atoms. The van der Waals surface area contributed by atoms with Crippen molar-refractivity contribution >= 4 is 10.1 Å². The summed E-state index contributed by atoms with van der Waals surface area (Å²) >= 11 is 0. The van der Waals surface area contributed by atoms with Crippen LogP contribution in [0.5, 0.6) is 5.75 Å². The molecular formula is C9H11FO4S. The van der Waals surface area contributed by atoms with Gasteiger partial charge in [0.25, 0.3) is 10.1 Å². The van der Waals surface area contributed by atoms with Crippen LogP contribution in [0.15, 0.2) is 29.2 Å². The zero-order chi connectivity index (χ0) is 11.3. The van der Waals surface area contributed by atoms with Crippen LogP contribution in [0, 0.1) is 0 Å². The third-order valence-electron chi connectivity index (χ3n) is 1.65. The van der Waals surface area contributed by atoms with Crippen molar-refractivity contribution in [2.75, 3.05) is 20.4 Å². The number of rotatable bonds is 5. The van der Waals surface area contributed by atoms with E-state index in [1.54, 1.807) is 6.07 Å². The topological polar surface area (TPSA) is 52.6 Å². The van der Waals surface area contributed by atoms with Gasteiger partial charge in [0, 0.05) is 6.07 Å². The van der Waals surface area contributed by atoms with Crippen LogP contribution in [-0.2, 0) is 14.3 Å². The highest BCUT2D eigenvalue weighted by atomic mass is 32.2. The van der Waals surface area contributed by atoms with Crippen molar-refractivity contribution in [1.29, 1.82) is 0 Å². The third kappa shape index (κ3) is 3.17. The van der Waals surface area contributed by atoms with Crippen molar-refractivity contribution in [2.45, 2.75) is 4.90 Å². The molecule has 1 rings (SSSR count). The molecule has 6 heteroatoms. The first-order valence-corrected chi connectivity index (χ1v) is 5.60. The quantitative estimate of drug-likeness (QED) is 0.722. The molecule has 0 radical (unpaired) electrons. The highest BCUT2D eigenvalue weighted by Gasteiger charge is 2.15.